The molecule has 2 aromatic rings. The van der Waals surface area contributed by atoms with E-state index in [1.165, 1.54) is 16.9 Å². The van der Waals surface area contributed by atoms with Crippen molar-refractivity contribution in [2.24, 2.45) is 5.10 Å². The number of amides is 1. The maximum Gasteiger partial charge on any atom is 0.272 e. The lowest BCUT2D eigenvalue weighted by Crippen LogP contribution is -2.19. The number of hydrogen-bond donors (Lipinski definition) is 2. The van der Waals surface area contributed by atoms with E-state index in [4.69, 9.17) is 0 Å². The molecule has 1 amide bonds. The Morgan fingerprint density at radius 2 is 2.00 bits per heavy atom. The minimum absolute atomic E-state index is 0.149. The first-order chi connectivity index (χ1) is 10.2. The largest absolute Gasteiger partial charge is 0.508 e. The van der Waals surface area contributed by atoms with Gasteiger partial charge in [-0.25, -0.2) is 5.43 Å². The SMILES string of the molecule is O=C(NN=Cc1ccc(O)cc1)c1csc2c1CCCC2. The third-order valence-electron chi connectivity index (χ3n) is 3.58. The van der Waals surface area contributed by atoms with Crippen LogP contribution in [0, 0.1) is 0 Å². The average molecular weight is 300 g/mol. The summed E-state index contributed by atoms with van der Waals surface area (Å²) in [5.74, 6) is 0.0607. The van der Waals surface area contributed by atoms with E-state index < -0.39 is 0 Å². The van der Waals surface area contributed by atoms with Gasteiger partial charge in [-0.15, -0.1) is 11.3 Å². The van der Waals surface area contributed by atoms with Crippen LogP contribution < -0.4 is 5.43 Å². The van der Waals surface area contributed by atoms with Crippen LogP contribution in [-0.4, -0.2) is 17.2 Å². The number of hydrazone groups is 1. The summed E-state index contributed by atoms with van der Waals surface area (Å²) >= 11 is 1.67. The minimum atomic E-state index is -0.149. The van der Waals surface area contributed by atoms with Crippen LogP contribution in [0.4, 0.5) is 0 Å². The van der Waals surface area contributed by atoms with Crippen molar-refractivity contribution in [3.8, 4) is 5.75 Å². The van der Waals surface area contributed by atoms with Crippen LogP contribution in [-0.2, 0) is 12.8 Å². The summed E-state index contributed by atoms with van der Waals surface area (Å²) in [6.45, 7) is 0. The van der Waals surface area contributed by atoms with Crippen LogP contribution >= 0.6 is 11.3 Å². The van der Waals surface area contributed by atoms with Crippen LogP contribution in [0.3, 0.4) is 0 Å². The molecule has 1 aromatic heterocycles. The zero-order chi connectivity index (χ0) is 14.7. The monoisotopic (exact) mass is 300 g/mol. The second kappa shape index (κ2) is 6.10. The molecule has 108 valence electrons. The van der Waals surface area contributed by atoms with Gasteiger partial charge in [0.2, 0.25) is 0 Å². The molecule has 0 radical (unpaired) electrons. The van der Waals surface area contributed by atoms with E-state index in [0.29, 0.717) is 0 Å². The molecule has 1 aliphatic rings. The summed E-state index contributed by atoms with van der Waals surface area (Å²) in [6.07, 6.45) is 6.01. The van der Waals surface area contributed by atoms with Gasteiger partial charge in [0, 0.05) is 10.3 Å². The van der Waals surface area contributed by atoms with Crippen LogP contribution in [0.25, 0.3) is 0 Å². The molecular weight excluding hydrogens is 284 g/mol. The van der Waals surface area contributed by atoms with E-state index in [1.807, 2.05) is 5.38 Å². The predicted molar refractivity (Wildman–Crippen MR) is 84.1 cm³/mol. The Balaban J connectivity index is 1.66. The van der Waals surface area contributed by atoms with E-state index >= 15 is 0 Å². The summed E-state index contributed by atoms with van der Waals surface area (Å²) in [7, 11) is 0. The van der Waals surface area contributed by atoms with E-state index in [0.717, 1.165) is 30.4 Å². The Morgan fingerprint density at radius 3 is 2.81 bits per heavy atom. The molecule has 0 spiro atoms. The molecule has 1 aromatic carbocycles. The number of benzene rings is 1. The number of thiophene rings is 1. The lowest BCUT2D eigenvalue weighted by molar-refractivity contribution is 0.0954. The second-order valence-corrected chi connectivity index (χ2v) is 6.01. The third kappa shape index (κ3) is 3.13. The number of rotatable bonds is 3. The first-order valence-electron chi connectivity index (χ1n) is 6.96. The van der Waals surface area contributed by atoms with Gasteiger partial charge in [-0.1, -0.05) is 0 Å². The molecule has 0 fully saturated rings. The number of phenols is 1. The maximum atomic E-state index is 12.2. The van der Waals surface area contributed by atoms with Gasteiger partial charge in [0.05, 0.1) is 11.8 Å². The van der Waals surface area contributed by atoms with Crippen molar-refractivity contribution >= 4 is 23.5 Å². The number of phenolic OH excluding ortho intramolecular Hbond substituents is 1. The highest BCUT2D eigenvalue weighted by atomic mass is 32.1. The van der Waals surface area contributed by atoms with Crippen molar-refractivity contribution in [1.82, 2.24) is 5.43 Å². The Bertz CT molecular complexity index is 674. The van der Waals surface area contributed by atoms with Gasteiger partial charge in [0.15, 0.2) is 0 Å². The zero-order valence-electron chi connectivity index (χ0n) is 11.5. The first-order valence-corrected chi connectivity index (χ1v) is 7.83. The number of hydrogen-bond acceptors (Lipinski definition) is 4. The summed E-state index contributed by atoms with van der Waals surface area (Å²) in [5.41, 5.74) is 5.35. The smallest absolute Gasteiger partial charge is 0.272 e. The predicted octanol–water partition coefficient (Wildman–Crippen LogP) is 3.10. The Kier molecular flexibility index (Phi) is 4.01. The van der Waals surface area contributed by atoms with Crippen LogP contribution in [0.1, 0.15) is 39.2 Å². The molecule has 0 aliphatic heterocycles. The number of nitrogens with zero attached hydrogens (tertiary/aromatic N) is 1. The van der Waals surface area contributed by atoms with Gasteiger partial charge in [0.25, 0.3) is 5.91 Å². The van der Waals surface area contributed by atoms with Crippen molar-refractivity contribution in [3.63, 3.8) is 0 Å². The second-order valence-electron chi connectivity index (χ2n) is 5.05. The van der Waals surface area contributed by atoms with Crippen molar-refractivity contribution in [2.45, 2.75) is 25.7 Å². The maximum absolute atomic E-state index is 12.2. The van der Waals surface area contributed by atoms with Gasteiger partial charge in [-0.05, 0) is 61.1 Å². The Hall–Kier alpha value is -2.14. The lowest BCUT2D eigenvalue weighted by Gasteiger charge is -2.11. The molecule has 0 saturated heterocycles. The standard InChI is InChI=1S/C16H16N2O2S/c19-12-7-5-11(6-8-12)9-17-18-16(20)14-10-21-15-4-2-1-3-13(14)15/h5-10,19H,1-4H2,(H,18,20). The molecule has 21 heavy (non-hydrogen) atoms. The molecule has 1 aliphatic carbocycles. The van der Waals surface area contributed by atoms with Crippen LogP contribution in [0.15, 0.2) is 34.7 Å². The molecule has 3 rings (SSSR count). The summed E-state index contributed by atoms with van der Waals surface area (Å²) in [6, 6.07) is 6.63. The lowest BCUT2D eigenvalue weighted by atomic mass is 9.96. The first kappa shape index (κ1) is 13.8. The fourth-order valence-electron chi connectivity index (χ4n) is 2.47. The van der Waals surface area contributed by atoms with E-state index in [2.05, 4.69) is 10.5 Å². The number of carbonyl (C=O) groups is 1. The molecule has 1 heterocycles. The topological polar surface area (TPSA) is 61.7 Å². The highest BCUT2D eigenvalue weighted by Crippen LogP contribution is 2.30. The zero-order valence-corrected chi connectivity index (χ0v) is 12.3. The van der Waals surface area contributed by atoms with Gasteiger partial charge >= 0.3 is 0 Å². The van der Waals surface area contributed by atoms with Crippen molar-refractivity contribution in [1.29, 1.82) is 0 Å². The Labute approximate surface area is 127 Å². The summed E-state index contributed by atoms with van der Waals surface area (Å²) < 4.78 is 0. The van der Waals surface area contributed by atoms with Crippen LogP contribution in [0.5, 0.6) is 5.75 Å². The number of nitrogens with one attached hydrogen (secondary N) is 1. The van der Waals surface area contributed by atoms with Crippen LogP contribution in [0.2, 0.25) is 0 Å². The highest BCUT2D eigenvalue weighted by molar-refractivity contribution is 7.10. The van der Waals surface area contributed by atoms with Crippen molar-refractivity contribution in [3.05, 3.63) is 51.2 Å². The number of aromatic hydroxyl groups is 1. The van der Waals surface area contributed by atoms with Crippen molar-refractivity contribution < 1.29 is 9.90 Å². The quantitative estimate of drug-likeness (QED) is 0.676. The summed E-state index contributed by atoms with van der Waals surface area (Å²) in [4.78, 5) is 13.5. The molecule has 0 bridgehead atoms. The highest BCUT2D eigenvalue weighted by Gasteiger charge is 2.19. The van der Waals surface area contributed by atoms with E-state index in [1.54, 1.807) is 41.8 Å². The van der Waals surface area contributed by atoms with Gasteiger partial charge < -0.3 is 5.11 Å². The average Bonchev–Trinajstić information content (AvgIpc) is 2.93. The van der Waals surface area contributed by atoms with Gasteiger partial charge in [-0.3, -0.25) is 4.79 Å². The normalized spacial score (nSPS) is 14.1. The molecule has 0 unspecified atom stereocenters. The number of fused-ring (bicyclic) bond motifs is 1. The van der Waals surface area contributed by atoms with Crippen molar-refractivity contribution in [2.75, 3.05) is 0 Å². The third-order valence-corrected chi connectivity index (χ3v) is 4.67. The molecular formula is C16H16N2O2S. The Morgan fingerprint density at radius 1 is 1.24 bits per heavy atom. The van der Waals surface area contributed by atoms with Gasteiger partial charge in [-0.2, -0.15) is 5.10 Å². The fraction of sp³-hybridized carbons (Fsp3) is 0.250. The molecule has 4 nitrogen and oxygen atoms in total. The molecule has 0 saturated carbocycles. The van der Waals surface area contributed by atoms with E-state index in [9.17, 15) is 9.90 Å². The fourth-order valence-corrected chi connectivity index (χ4v) is 3.60. The number of carbonyl (C=O) groups excluding carboxylic acids is 1. The summed E-state index contributed by atoms with van der Waals surface area (Å²) in [5, 5.41) is 15.1. The minimum Gasteiger partial charge on any atom is -0.508 e. The van der Waals surface area contributed by atoms with E-state index in [-0.39, 0.29) is 11.7 Å². The van der Waals surface area contributed by atoms with Gasteiger partial charge in [0.1, 0.15) is 5.75 Å². The molecule has 0 atom stereocenters. The molecule has 5 heteroatoms. The molecule has 2 N–H and O–H groups in total. The number of aryl methyl sites for hydroxylation is 1.